The highest BCUT2D eigenvalue weighted by Crippen LogP contribution is 2.34. The van der Waals surface area contributed by atoms with Crippen LogP contribution in [0.2, 0.25) is 24.2 Å². The van der Waals surface area contributed by atoms with Gasteiger partial charge in [0, 0.05) is 64.9 Å². The molecule has 2 aromatic carbocycles. The van der Waals surface area contributed by atoms with Gasteiger partial charge in [-0.15, -0.1) is 0 Å². The Morgan fingerprint density at radius 3 is 2.64 bits per heavy atom. The first-order chi connectivity index (χ1) is 20.2. The van der Waals surface area contributed by atoms with E-state index < -0.39 is 8.80 Å². The largest absolute Gasteiger partial charge is 0.494 e. The van der Waals surface area contributed by atoms with E-state index in [0.717, 1.165) is 25.2 Å². The average molecular weight is 609 g/mol. The molecule has 12 heteroatoms. The summed E-state index contributed by atoms with van der Waals surface area (Å²) in [6.45, 7) is 11.1. The number of halogens is 1. The van der Waals surface area contributed by atoms with Crippen molar-refractivity contribution in [3.63, 3.8) is 0 Å². The van der Waals surface area contributed by atoms with Crippen LogP contribution in [0.15, 0.2) is 61.3 Å². The lowest BCUT2D eigenvalue weighted by atomic mass is 10.2. The molecule has 1 saturated heterocycles. The van der Waals surface area contributed by atoms with Gasteiger partial charge in [-0.2, -0.15) is 4.98 Å². The first-order valence-corrected chi connectivity index (χ1v) is 17.5. The van der Waals surface area contributed by atoms with Crippen LogP contribution in [-0.2, 0) is 9.59 Å². The van der Waals surface area contributed by atoms with E-state index in [-0.39, 0.29) is 28.7 Å². The van der Waals surface area contributed by atoms with Crippen molar-refractivity contribution in [1.82, 2.24) is 14.9 Å². The maximum Gasteiger partial charge on any atom is 0.247 e. The normalized spacial score (nSPS) is 13.1. The number of carbonyl (C=O) groups is 2. The summed E-state index contributed by atoms with van der Waals surface area (Å²) in [5, 5.41) is 6.09. The monoisotopic (exact) mass is 608 g/mol. The molecule has 1 aliphatic heterocycles. The fraction of sp³-hybridized carbons (Fsp3) is 0.333. The van der Waals surface area contributed by atoms with E-state index in [0.29, 0.717) is 42.4 Å². The maximum absolute atomic E-state index is 12.6. The standard InChI is InChI=1S/C30H37ClN6O4Si/c1-5-27(38)33-21-8-6-9-23(18-21)41-29-24(31)20-32-30(35-29)34-25-12-11-22(19-26(25)40-2)36-13-15-37(16-14-36)28(39)10-7-17-42(3)4/h5-6,8-9,11-12,18-20,42H,1,7,10,13-17H2,2-4H3,(H,33,38)(H,32,34,35). The van der Waals surface area contributed by atoms with Gasteiger partial charge in [-0.1, -0.05) is 43.4 Å². The second-order valence-electron chi connectivity index (χ2n) is 10.3. The van der Waals surface area contributed by atoms with Crippen molar-refractivity contribution < 1.29 is 19.1 Å². The van der Waals surface area contributed by atoms with Gasteiger partial charge in [-0.05, 0) is 36.8 Å². The van der Waals surface area contributed by atoms with Gasteiger partial charge >= 0.3 is 0 Å². The van der Waals surface area contributed by atoms with E-state index in [2.05, 4.69) is 45.2 Å². The topological polar surface area (TPSA) is 109 Å². The summed E-state index contributed by atoms with van der Waals surface area (Å²) >= 11 is 6.31. The zero-order chi connectivity index (χ0) is 30.1. The van der Waals surface area contributed by atoms with E-state index in [9.17, 15) is 9.59 Å². The van der Waals surface area contributed by atoms with Crippen molar-refractivity contribution in [3.05, 3.63) is 66.3 Å². The Balaban J connectivity index is 1.40. The number of benzene rings is 2. The highest BCUT2D eigenvalue weighted by Gasteiger charge is 2.22. The molecule has 0 radical (unpaired) electrons. The predicted octanol–water partition coefficient (Wildman–Crippen LogP) is 5.71. The first kappa shape index (κ1) is 30.9. The van der Waals surface area contributed by atoms with Crippen molar-refractivity contribution in [1.29, 1.82) is 0 Å². The van der Waals surface area contributed by atoms with Gasteiger partial charge in [0.2, 0.25) is 23.6 Å². The van der Waals surface area contributed by atoms with Crippen LogP contribution >= 0.6 is 11.6 Å². The summed E-state index contributed by atoms with van der Waals surface area (Å²) < 4.78 is 11.6. The highest BCUT2D eigenvalue weighted by molar-refractivity contribution is 6.55. The Kier molecular flexibility index (Phi) is 10.8. The van der Waals surface area contributed by atoms with Crippen LogP contribution in [-0.4, -0.2) is 68.8 Å². The molecule has 1 aliphatic rings. The Hall–Kier alpha value is -4.09. The molecule has 0 saturated carbocycles. The minimum atomic E-state index is -0.615. The van der Waals surface area contributed by atoms with E-state index in [1.807, 2.05) is 23.1 Å². The average Bonchev–Trinajstić information content (AvgIpc) is 2.99. The Morgan fingerprint density at radius 2 is 1.93 bits per heavy atom. The molecule has 222 valence electrons. The van der Waals surface area contributed by atoms with Crippen molar-refractivity contribution in [3.8, 4) is 17.4 Å². The highest BCUT2D eigenvalue weighted by atomic mass is 35.5. The molecule has 3 aromatic rings. The molecule has 10 nitrogen and oxygen atoms in total. The van der Waals surface area contributed by atoms with E-state index >= 15 is 0 Å². The summed E-state index contributed by atoms with van der Waals surface area (Å²) in [4.78, 5) is 37.2. The number of aromatic nitrogens is 2. The number of amides is 2. The number of methoxy groups -OCH3 is 1. The number of hydrogen-bond donors (Lipinski definition) is 2. The molecule has 0 spiro atoms. The van der Waals surface area contributed by atoms with E-state index in [1.54, 1.807) is 31.4 Å². The SMILES string of the molecule is C=CC(=O)Nc1cccc(Oc2nc(Nc3ccc(N4CCN(C(=O)CCC[SiH](C)C)CC4)cc3OC)ncc2Cl)c1. The zero-order valence-corrected chi connectivity index (χ0v) is 26.1. The maximum atomic E-state index is 12.6. The molecule has 0 unspecified atom stereocenters. The van der Waals surface area contributed by atoms with Gasteiger partial charge in [-0.25, -0.2) is 4.98 Å². The van der Waals surface area contributed by atoms with Crippen molar-refractivity contribution >= 4 is 55.2 Å². The number of carbonyl (C=O) groups excluding carboxylic acids is 2. The summed E-state index contributed by atoms with van der Waals surface area (Å²) in [7, 11) is 0.992. The smallest absolute Gasteiger partial charge is 0.247 e. The molecule has 1 aromatic heterocycles. The van der Waals surface area contributed by atoms with Crippen LogP contribution in [0.4, 0.5) is 23.0 Å². The van der Waals surface area contributed by atoms with Crippen LogP contribution in [0.3, 0.4) is 0 Å². The third kappa shape index (κ3) is 8.46. The van der Waals surface area contributed by atoms with Crippen molar-refractivity contribution in [2.75, 3.05) is 48.8 Å². The number of nitrogens with one attached hydrogen (secondary N) is 2. The van der Waals surface area contributed by atoms with Gasteiger partial charge in [-0.3, -0.25) is 9.59 Å². The van der Waals surface area contributed by atoms with Crippen LogP contribution in [0.5, 0.6) is 17.4 Å². The van der Waals surface area contributed by atoms with E-state index in [4.69, 9.17) is 21.1 Å². The van der Waals surface area contributed by atoms with Gasteiger partial charge in [0.05, 0.1) is 19.0 Å². The second kappa shape index (κ2) is 14.7. The summed E-state index contributed by atoms with van der Waals surface area (Å²) in [5.41, 5.74) is 2.23. The molecule has 0 bridgehead atoms. The number of piperazine rings is 1. The Bertz CT molecular complexity index is 1410. The third-order valence-corrected chi connectivity index (χ3v) is 8.64. The Morgan fingerprint density at radius 1 is 1.14 bits per heavy atom. The molecule has 2 amide bonds. The van der Waals surface area contributed by atoms with Gasteiger partial charge in [0.25, 0.3) is 0 Å². The van der Waals surface area contributed by atoms with Crippen LogP contribution in [0, 0.1) is 0 Å². The number of nitrogens with zero attached hydrogens (tertiary/aromatic N) is 4. The number of hydrogen-bond acceptors (Lipinski definition) is 8. The lowest BCUT2D eigenvalue weighted by Crippen LogP contribution is -2.48. The minimum absolute atomic E-state index is 0.149. The van der Waals surface area contributed by atoms with E-state index in [1.165, 1.54) is 18.3 Å². The third-order valence-electron chi connectivity index (χ3n) is 6.81. The lowest BCUT2D eigenvalue weighted by Gasteiger charge is -2.36. The molecule has 2 N–H and O–H groups in total. The molecule has 1 fully saturated rings. The van der Waals surface area contributed by atoms with Gasteiger partial charge < -0.3 is 29.9 Å². The van der Waals surface area contributed by atoms with Gasteiger partial charge in [0.15, 0.2) is 0 Å². The van der Waals surface area contributed by atoms with Crippen LogP contribution in [0.25, 0.3) is 0 Å². The molecule has 2 heterocycles. The number of rotatable bonds is 12. The van der Waals surface area contributed by atoms with Crippen molar-refractivity contribution in [2.45, 2.75) is 32.0 Å². The fourth-order valence-electron chi connectivity index (χ4n) is 4.56. The fourth-order valence-corrected chi connectivity index (χ4v) is 5.71. The quantitative estimate of drug-likeness (QED) is 0.199. The number of anilines is 4. The molecular formula is C30H37ClN6O4Si. The predicted molar refractivity (Wildman–Crippen MR) is 170 cm³/mol. The molecule has 0 atom stereocenters. The second-order valence-corrected chi connectivity index (χ2v) is 14.1. The van der Waals surface area contributed by atoms with Crippen LogP contribution < -0.4 is 25.0 Å². The zero-order valence-electron chi connectivity index (χ0n) is 24.2. The number of ether oxygens (including phenoxy) is 2. The Labute approximate surface area is 253 Å². The molecular weight excluding hydrogens is 572 g/mol. The van der Waals surface area contributed by atoms with Crippen molar-refractivity contribution in [2.24, 2.45) is 0 Å². The lowest BCUT2D eigenvalue weighted by molar-refractivity contribution is -0.131. The molecule has 4 rings (SSSR count). The minimum Gasteiger partial charge on any atom is -0.494 e. The first-order valence-electron chi connectivity index (χ1n) is 14.0. The summed E-state index contributed by atoms with van der Waals surface area (Å²) in [6, 6.07) is 13.9. The van der Waals surface area contributed by atoms with Crippen LogP contribution in [0.1, 0.15) is 12.8 Å². The molecule has 0 aliphatic carbocycles. The summed E-state index contributed by atoms with van der Waals surface area (Å²) in [5.74, 6) is 1.41. The molecule has 42 heavy (non-hydrogen) atoms. The van der Waals surface area contributed by atoms with Gasteiger partial charge in [0.1, 0.15) is 16.5 Å². The summed E-state index contributed by atoms with van der Waals surface area (Å²) in [6.07, 6.45) is 4.29.